The molecule has 1 saturated heterocycles. The van der Waals surface area contributed by atoms with E-state index in [0.717, 1.165) is 18.9 Å². The van der Waals surface area contributed by atoms with Gasteiger partial charge in [0.2, 0.25) is 5.95 Å². The summed E-state index contributed by atoms with van der Waals surface area (Å²) >= 11 is 0. The summed E-state index contributed by atoms with van der Waals surface area (Å²) in [6.07, 6.45) is -2.77. The zero-order chi connectivity index (χ0) is 17.8. The predicted octanol–water partition coefficient (Wildman–Crippen LogP) is 2.90. The first-order valence-electron chi connectivity index (χ1n) is 7.91. The first-order chi connectivity index (χ1) is 11.8. The maximum absolute atomic E-state index is 13.4. The summed E-state index contributed by atoms with van der Waals surface area (Å²) < 4.78 is 45.9. The number of aromatic nitrogens is 2. The van der Waals surface area contributed by atoms with E-state index in [4.69, 9.17) is 15.9 Å². The number of nitrogen functional groups attached to an aromatic ring is 1. The lowest BCUT2D eigenvalue weighted by atomic mass is 10.1. The smallest absolute Gasteiger partial charge is 0.417 e. The Hall–Kier alpha value is -2.55. The molecule has 0 bridgehead atoms. The van der Waals surface area contributed by atoms with Crippen molar-refractivity contribution >= 4 is 33.8 Å². The minimum absolute atomic E-state index is 0.0323. The molecule has 9 heteroatoms. The van der Waals surface area contributed by atoms with Gasteiger partial charge in [0.05, 0.1) is 10.9 Å². The molecule has 1 atom stereocenters. The second-order valence-corrected chi connectivity index (χ2v) is 6.21. The Balaban J connectivity index is 2.00. The van der Waals surface area contributed by atoms with E-state index in [1.165, 1.54) is 12.1 Å². The van der Waals surface area contributed by atoms with Crippen LogP contribution in [0.25, 0.3) is 22.1 Å². The number of hydrogen-bond donors (Lipinski definition) is 2. The molecule has 1 aromatic carbocycles. The summed E-state index contributed by atoms with van der Waals surface area (Å²) in [7, 11) is 0. The number of hydrogen-bond acceptors (Lipinski definition) is 6. The average Bonchev–Trinajstić information content (AvgIpc) is 2.91. The number of rotatable bonds is 1. The van der Waals surface area contributed by atoms with Crippen LogP contribution >= 0.6 is 0 Å². The lowest BCUT2D eigenvalue weighted by molar-refractivity contribution is -0.136. The number of piperidine rings is 1. The molecule has 0 unspecified atom stereocenters. The van der Waals surface area contributed by atoms with Crippen LogP contribution in [-0.2, 0) is 6.18 Å². The van der Waals surface area contributed by atoms with Gasteiger partial charge in [-0.25, -0.2) is 4.98 Å². The molecule has 1 aliphatic heterocycles. The Labute approximate surface area is 140 Å². The van der Waals surface area contributed by atoms with E-state index in [2.05, 4.69) is 9.97 Å². The van der Waals surface area contributed by atoms with Crippen LogP contribution in [0.3, 0.4) is 0 Å². The third-order valence-electron chi connectivity index (χ3n) is 4.40. The van der Waals surface area contributed by atoms with Crippen LogP contribution in [0.15, 0.2) is 22.6 Å². The molecule has 4 rings (SSSR count). The second-order valence-electron chi connectivity index (χ2n) is 6.21. The van der Waals surface area contributed by atoms with Crippen molar-refractivity contribution < 1.29 is 17.6 Å². The van der Waals surface area contributed by atoms with Gasteiger partial charge in [0.15, 0.2) is 11.4 Å². The molecule has 3 heterocycles. The van der Waals surface area contributed by atoms with Crippen LogP contribution in [0.5, 0.6) is 0 Å². The molecule has 0 aliphatic carbocycles. The third-order valence-corrected chi connectivity index (χ3v) is 4.40. The SMILES string of the molecule is Nc1nc(N2CCC[C@H](N)C2)c2oc3cccc(C(F)(F)F)c3c2n1. The Bertz CT molecular complexity index is 952. The van der Waals surface area contributed by atoms with E-state index in [-0.39, 0.29) is 34.1 Å². The average molecular weight is 351 g/mol. The number of alkyl halides is 3. The summed E-state index contributed by atoms with van der Waals surface area (Å²) in [5.74, 6) is 0.295. The van der Waals surface area contributed by atoms with Crippen molar-refractivity contribution in [1.82, 2.24) is 9.97 Å². The largest absolute Gasteiger partial charge is 0.450 e. The number of anilines is 2. The molecule has 2 aromatic heterocycles. The summed E-state index contributed by atoms with van der Waals surface area (Å²) in [5, 5.41) is -0.0957. The summed E-state index contributed by atoms with van der Waals surface area (Å²) in [6, 6.07) is 3.76. The van der Waals surface area contributed by atoms with Crippen LogP contribution < -0.4 is 16.4 Å². The van der Waals surface area contributed by atoms with Gasteiger partial charge in [0, 0.05) is 19.1 Å². The van der Waals surface area contributed by atoms with Gasteiger partial charge in [-0.1, -0.05) is 6.07 Å². The number of furan rings is 1. The number of fused-ring (bicyclic) bond motifs is 3. The van der Waals surface area contributed by atoms with Gasteiger partial charge in [-0.05, 0) is 25.0 Å². The fourth-order valence-corrected chi connectivity index (χ4v) is 3.34. The summed E-state index contributed by atoms with van der Waals surface area (Å²) in [4.78, 5) is 10.1. The van der Waals surface area contributed by atoms with Crippen LogP contribution in [0, 0.1) is 0 Å². The molecule has 25 heavy (non-hydrogen) atoms. The minimum Gasteiger partial charge on any atom is -0.450 e. The van der Waals surface area contributed by atoms with Crippen molar-refractivity contribution in [3.05, 3.63) is 23.8 Å². The Morgan fingerprint density at radius 1 is 1.24 bits per heavy atom. The Kier molecular flexibility index (Phi) is 3.50. The quantitative estimate of drug-likeness (QED) is 0.700. The fourth-order valence-electron chi connectivity index (χ4n) is 3.34. The van der Waals surface area contributed by atoms with E-state index >= 15 is 0 Å². The van der Waals surface area contributed by atoms with Crippen molar-refractivity contribution in [2.75, 3.05) is 23.7 Å². The third kappa shape index (κ3) is 2.64. The van der Waals surface area contributed by atoms with Crippen molar-refractivity contribution in [2.45, 2.75) is 25.1 Å². The predicted molar refractivity (Wildman–Crippen MR) is 88.1 cm³/mol. The highest BCUT2D eigenvalue weighted by Crippen LogP contribution is 2.41. The van der Waals surface area contributed by atoms with Crippen molar-refractivity contribution in [1.29, 1.82) is 0 Å². The van der Waals surface area contributed by atoms with Crippen molar-refractivity contribution in [3.63, 3.8) is 0 Å². The van der Waals surface area contributed by atoms with E-state index in [0.29, 0.717) is 18.9 Å². The second kappa shape index (κ2) is 5.48. The first kappa shape index (κ1) is 15.9. The molecule has 132 valence electrons. The normalized spacial score (nSPS) is 19.0. The molecule has 0 amide bonds. The summed E-state index contributed by atoms with van der Waals surface area (Å²) in [5.41, 5.74) is 11.4. The van der Waals surface area contributed by atoms with Crippen LogP contribution in [0.1, 0.15) is 18.4 Å². The lowest BCUT2D eigenvalue weighted by Crippen LogP contribution is -2.43. The van der Waals surface area contributed by atoms with Gasteiger partial charge < -0.3 is 20.8 Å². The molecule has 0 radical (unpaired) electrons. The monoisotopic (exact) mass is 351 g/mol. The highest BCUT2D eigenvalue weighted by molar-refractivity contribution is 6.08. The number of halogens is 3. The van der Waals surface area contributed by atoms with Gasteiger partial charge in [-0.2, -0.15) is 18.2 Å². The molecule has 3 aromatic rings. The van der Waals surface area contributed by atoms with Crippen molar-refractivity contribution in [2.24, 2.45) is 5.73 Å². The highest BCUT2D eigenvalue weighted by atomic mass is 19.4. The van der Waals surface area contributed by atoms with Gasteiger partial charge in [-0.3, -0.25) is 0 Å². The maximum Gasteiger partial charge on any atom is 0.417 e. The van der Waals surface area contributed by atoms with Gasteiger partial charge in [0.25, 0.3) is 0 Å². The molecule has 1 fully saturated rings. The van der Waals surface area contributed by atoms with E-state index in [1.807, 2.05) is 4.90 Å². The van der Waals surface area contributed by atoms with Gasteiger partial charge in [-0.15, -0.1) is 0 Å². The molecule has 6 nitrogen and oxygen atoms in total. The van der Waals surface area contributed by atoms with Gasteiger partial charge in [0.1, 0.15) is 11.1 Å². The molecule has 0 spiro atoms. The Morgan fingerprint density at radius 2 is 2.04 bits per heavy atom. The van der Waals surface area contributed by atoms with E-state index in [9.17, 15) is 13.2 Å². The standard InChI is InChI=1S/C16H16F3N5O/c17-16(18,19)9-4-1-5-10-11(9)12-13(25-10)14(23-15(21)22-12)24-6-2-3-8(20)7-24/h1,4-5,8H,2-3,6-7,20H2,(H2,21,22,23)/t8-/m0/s1. The highest BCUT2D eigenvalue weighted by Gasteiger charge is 2.35. The van der Waals surface area contributed by atoms with Crippen molar-refractivity contribution in [3.8, 4) is 0 Å². The maximum atomic E-state index is 13.4. The minimum atomic E-state index is -4.52. The van der Waals surface area contributed by atoms with Crippen LogP contribution in [0.2, 0.25) is 0 Å². The zero-order valence-electron chi connectivity index (χ0n) is 13.2. The van der Waals surface area contributed by atoms with Crippen LogP contribution in [0.4, 0.5) is 24.9 Å². The molecular weight excluding hydrogens is 335 g/mol. The zero-order valence-corrected chi connectivity index (χ0v) is 13.2. The number of nitrogens with two attached hydrogens (primary N) is 2. The fraction of sp³-hybridized carbons (Fsp3) is 0.375. The topological polar surface area (TPSA) is 94.2 Å². The number of nitrogens with zero attached hydrogens (tertiary/aromatic N) is 3. The van der Waals surface area contributed by atoms with Crippen LogP contribution in [-0.4, -0.2) is 29.1 Å². The van der Waals surface area contributed by atoms with E-state index in [1.54, 1.807) is 0 Å². The summed E-state index contributed by atoms with van der Waals surface area (Å²) in [6.45, 7) is 1.22. The molecular formula is C16H16F3N5O. The Morgan fingerprint density at radius 3 is 2.76 bits per heavy atom. The lowest BCUT2D eigenvalue weighted by Gasteiger charge is -2.31. The molecule has 1 aliphatic rings. The number of benzene rings is 1. The first-order valence-corrected chi connectivity index (χ1v) is 7.91. The van der Waals surface area contributed by atoms with E-state index < -0.39 is 11.7 Å². The van der Waals surface area contributed by atoms with Gasteiger partial charge >= 0.3 is 6.18 Å². The molecule has 0 saturated carbocycles. The molecule has 4 N–H and O–H groups in total.